The number of hydrogen-bond acceptors (Lipinski definition) is 5. The molecule has 0 atom stereocenters. The van der Waals surface area contributed by atoms with Crippen molar-refractivity contribution in [1.29, 1.82) is 0 Å². The number of nitrogens with zero attached hydrogens (tertiary/aromatic N) is 2. The Morgan fingerprint density at radius 1 is 0.941 bits per heavy atom. The molecule has 8 nitrogen and oxygen atoms in total. The first-order chi connectivity index (χ1) is 16.3. The maximum atomic E-state index is 13.5. The third-order valence-corrected chi connectivity index (χ3v) is 7.84. The van der Waals surface area contributed by atoms with Gasteiger partial charge in [-0.1, -0.05) is 18.9 Å². The van der Waals surface area contributed by atoms with Crippen molar-refractivity contribution in [3.05, 3.63) is 59.4 Å². The first kappa shape index (κ1) is 24.2. The molecule has 182 valence electrons. The van der Waals surface area contributed by atoms with Crippen LogP contribution in [0.4, 0.5) is 4.39 Å². The lowest BCUT2D eigenvalue weighted by atomic mass is 10.1. The maximum Gasteiger partial charge on any atom is 0.254 e. The molecule has 1 aliphatic carbocycles. The lowest BCUT2D eigenvalue weighted by Gasteiger charge is -2.35. The van der Waals surface area contributed by atoms with Gasteiger partial charge in [0.1, 0.15) is 16.5 Å². The van der Waals surface area contributed by atoms with Gasteiger partial charge in [0.2, 0.25) is 10.0 Å². The van der Waals surface area contributed by atoms with E-state index in [9.17, 15) is 22.4 Å². The number of sulfonamides is 1. The molecule has 10 heteroatoms. The lowest BCUT2D eigenvalue weighted by Crippen LogP contribution is -2.50. The molecule has 1 N–H and O–H groups in total. The fourth-order valence-electron chi connectivity index (χ4n) is 4.45. The van der Waals surface area contributed by atoms with Crippen molar-refractivity contribution < 1.29 is 27.1 Å². The van der Waals surface area contributed by atoms with Crippen molar-refractivity contribution in [3.8, 4) is 5.75 Å². The zero-order valence-electron chi connectivity index (χ0n) is 19.0. The molecule has 2 aromatic carbocycles. The van der Waals surface area contributed by atoms with Gasteiger partial charge in [-0.3, -0.25) is 9.59 Å². The van der Waals surface area contributed by atoms with E-state index in [0.717, 1.165) is 25.7 Å². The van der Waals surface area contributed by atoms with Gasteiger partial charge < -0.3 is 14.5 Å². The van der Waals surface area contributed by atoms with Crippen LogP contribution < -0.4 is 9.46 Å². The fraction of sp³-hybridized carbons (Fsp3) is 0.417. The normalized spacial score (nSPS) is 17.1. The zero-order chi connectivity index (χ0) is 24.3. The fourth-order valence-corrected chi connectivity index (χ4v) is 5.95. The summed E-state index contributed by atoms with van der Waals surface area (Å²) in [5.41, 5.74) is 0.497. The van der Waals surface area contributed by atoms with Crippen molar-refractivity contribution in [2.24, 2.45) is 0 Å². The van der Waals surface area contributed by atoms with Crippen molar-refractivity contribution in [1.82, 2.24) is 14.5 Å². The predicted molar refractivity (Wildman–Crippen MR) is 124 cm³/mol. The van der Waals surface area contributed by atoms with Crippen LogP contribution in [-0.2, 0) is 10.0 Å². The van der Waals surface area contributed by atoms with Gasteiger partial charge in [-0.05, 0) is 49.2 Å². The number of benzene rings is 2. The molecule has 2 aliphatic rings. The molecule has 1 aliphatic heterocycles. The smallest absolute Gasteiger partial charge is 0.254 e. The number of piperazine rings is 1. The molecule has 1 saturated carbocycles. The van der Waals surface area contributed by atoms with Gasteiger partial charge >= 0.3 is 0 Å². The highest BCUT2D eigenvalue weighted by molar-refractivity contribution is 7.89. The molecule has 0 unspecified atom stereocenters. The summed E-state index contributed by atoms with van der Waals surface area (Å²) in [4.78, 5) is 28.9. The van der Waals surface area contributed by atoms with Crippen LogP contribution in [0.2, 0.25) is 0 Å². The third kappa shape index (κ3) is 5.23. The molecule has 2 amide bonds. The van der Waals surface area contributed by atoms with E-state index in [2.05, 4.69) is 4.72 Å². The monoisotopic (exact) mass is 489 g/mol. The Labute approximate surface area is 198 Å². The van der Waals surface area contributed by atoms with Crippen LogP contribution in [0, 0.1) is 5.82 Å². The Morgan fingerprint density at radius 3 is 2.09 bits per heavy atom. The van der Waals surface area contributed by atoms with Crippen LogP contribution in [-0.4, -0.2) is 69.4 Å². The molecule has 2 fully saturated rings. The minimum absolute atomic E-state index is 0.0623. The van der Waals surface area contributed by atoms with Gasteiger partial charge in [-0.15, -0.1) is 0 Å². The molecule has 0 aromatic heterocycles. The van der Waals surface area contributed by atoms with Crippen LogP contribution in [0.1, 0.15) is 46.4 Å². The Morgan fingerprint density at radius 2 is 1.53 bits per heavy atom. The summed E-state index contributed by atoms with van der Waals surface area (Å²) in [5.74, 6) is -0.917. The van der Waals surface area contributed by atoms with Crippen LogP contribution in [0.3, 0.4) is 0 Å². The SMILES string of the molecule is COc1ccc(C(=O)N2CCN(C(=O)c3cccc(F)c3)CC2)cc1S(=O)(=O)NC1CCCC1. The summed E-state index contributed by atoms with van der Waals surface area (Å²) >= 11 is 0. The number of halogens is 1. The number of ether oxygens (including phenoxy) is 1. The lowest BCUT2D eigenvalue weighted by molar-refractivity contribution is 0.0535. The van der Waals surface area contributed by atoms with Gasteiger partial charge in [0, 0.05) is 43.3 Å². The van der Waals surface area contributed by atoms with Crippen molar-refractivity contribution in [2.75, 3.05) is 33.3 Å². The second-order valence-corrected chi connectivity index (χ2v) is 10.2. The average Bonchev–Trinajstić information content (AvgIpc) is 3.35. The summed E-state index contributed by atoms with van der Waals surface area (Å²) in [6.07, 6.45) is 3.55. The molecule has 1 heterocycles. The Balaban J connectivity index is 1.46. The molecule has 2 aromatic rings. The molecular formula is C24H28FN3O5S. The first-order valence-electron chi connectivity index (χ1n) is 11.3. The van der Waals surface area contributed by atoms with Gasteiger partial charge in [0.25, 0.3) is 11.8 Å². The third-order valence-electron chi connectivity index (χ3n) is 6.30. The van der Waals surface area contributed by atoms with Gasteiger partial charge in [-0.2, -0.15) is 0 Å². The number of hydrogen-bond donors (Lipinski definition) is 1. The molecular weight excluding hydrogens is 461 g/mol. The van der Waals surface area contributed by atoms with Gasteiger partial charge in [0.05, 0.1) is 7.11 Å². The summed E-state index contributed by atoms with van der Waals surface area (Å²) in [6.45, 7) is 1.17. The van der Waals surface area contributed by atoms with Gasteiger partial charge in [-0.25, -0.2) is 17.5 Å². The summed E-state index contributed by atoms with van der Waals surface area (Å²) in [7, 11) is -2.47. The average molecular weight is 490 g/mol. The summed E-state index contributed by atoms with van der Waals surface area (Å²) < 4.78 is 47.5. The van der Waals surface area contributed by atoms with E-state index in [1.54, 1.807) is 21.9 Å². The highest BCUT2D eigenvalue weighted by Gasteiger charge is 2.29. The minimum Gasteiger partial charge on any atom is -0.495 e. The largest absolute Gasteiger partial charge is 0.495 e. The topological polar surface area (TPSA) is 96.0 Å². The van der Waals surface area contributed by atoms with Crippen molar-refractivity contribution in [3.63, 3.8) is 0 Å². The first-order valence-corrected chi connectivity index (χ1v) is 12.8. The Bertz CT molecular complexity index is 1170. The molecule has 1 saturated heterocycles. The number of rotatable bonds is 6. The highest BCUT2D eigenvalue weighted by atomic mass is 32.2. The molecule has 0 radical (unpaired) electrons. The van der Waals surface area contributed by atoms with Crippen molar-refractivity contribution in [2.45, 2.75) is 36.6 Å². The highest BCUT2D eigenvalue weighted by Crippen LogP contribution is 2.28. The second kappa shape index (κ2) is 10.1. The molecule has 0 spiro atoms. The second-order valence-electron chi connectivity index (χ2n) is 8.56. The summed E-state index contributed by atoms with van der Waals surface area (Å²) in [5, 5.41) is 0. The van der Waals surface area contributed by atoms with E-state index in [-0.39, 0.29) is 52.7 Å². The Hall–Kier alpha value is -2.98. The van der Waals surface area contributed by atoms with E-state index < -0.39 is 15.8 Å². The van der Waals surface area contributed by atoms with Gasteiger partial charge in [0.15, 0.2) is 0 Å². The standard InChI is InChI=1S/C24H28FN3O5S/c1-33-21-10-9-18(16-22(21)34(31,32)26-20-7-2-3-8-20)24(30)28-13-11-27(12-14-28)23(29)17-5-4-6-19(25)15-17/h4-6,9-10,15-16,20,26H,2-3,7-8,11-14H2,1H3. The van der Waals surface area contributed by atoms with E-state index in [0.29, 0.717) is 13.1 Å². The molecule has 0 bridgehead atoms. The van der Waals surface area contributed by atoms with Crippen LogP contribution >= 0.6 is 0 Å². The van der Waals surface area contributed by atoms with Crippen LogP contribution in [0.25, 0.3) is 0 Å². The van der Waals surface area contributed by atoms with Crippen LogP contribution in [0.15, 0.2) is 47.4 Å². The number of methoxy groups -OCH3 is 1. The summed E-state index contributed by atoms with van der Waals surface area (Å²) in [6, 6.07) is 9.78. The Kier molecular flexibility index (Phi) is 7.18. The number of amides is 2. The minimum atomic E-state index is -3.86. The molecule has 34 heavy (non-hydrogen) atoms. The van der Waals surface area contributed by atoms with E-state index in [1.807, 2.05) is 0 Å². The number of carbonyl (C=O) groups is 2. The number of carbonyl (C=O) groups excluding carboxylic acids is 2. The number of nitrogens with one attached hydrogen (secondary N) is 1. The van der Waals surface area contributed by atoms with Crippen LogP contribution in [0.5, 0.6) is 5.75 Å². The quantitative estimate of drug-likeness (QED) is 0.673. The van der Waals surface area contributed by atoms with E-state index in [4.69, 9.17) is 4.74 Å². The zero-order valence-corrected chi connectivity index (χ0v) is 19.8. The maximum absolute atomic E-state index is 13.5. The van der Waals surface area contributed by atoms with E-state index in [1.165, 1.54) is 37.4 Å². The molecule has 4 rings (SSSR count). The van der Waals surface area contributed by atoms with Crippen molar-refractivity contribution >= 4 is 21.8 Å². The predicted octanol–water partition coefficient (Wildman–Crippen LogP) is 2.65. The van der Waals surface area contributed by atoms with E-state index >= 15 is 0 Å².